The number of nitriles is 1. The van der Waals surface area contributed by atoms with Crippen LogP contribution < -0.4 is 9.62 Å². The summed E-state index contributed by atoms with van der Waals surface area (Å²) >= 11 is 3.33. The van der Waals surface area contributed by atoms with Gasteiger partial charge in [-0.3, -0.25) is 4.90 Å². The van der Waals surface area contributed by atoms with Crippen molar-refractivity contribution in [2.45, 2.75) is 23.5 Å². The van der Waals surface area contributed by atoms with Crippen LogP contribution in [0, 0.1) is 11.3 Å². The number of halogens is 1. The first-order chi connectivity index (χ1) is 18.8. The van der Waals surface area contributed by atoms with Gasteiger partial charge in [-0.2, -0.15) is 5.26 Å². The number of nitrogens with zero attached hydrogens (tertiary/aromatic N) is 3. The molecule has 2 atom stereocenters. The molecule has 1 aliphatic heterocycles. The van der Waals surface area contributed by atoms with E-state index in [2.05, 4.69) is 36.5 Å². The molecule has 0 radical (unpaired) electrons. The highest BCUT2D eigenvalue weighted by atomic mass is 79.9. The second-order valence-electron chi connectivity index (χ2n) is 9.57. The second-order valence-corrected chi connectivity index (χ2v) is 12.2. The van der Waals surface area contributed by atoms with Gasteiger partial charge >= 0.3 is 0 Å². The van der Waals surface area contributed by atoms with E-state index in [1.54, 1.807) is 24.3 Å². The molecule has 0 spiro atoms. The van der Waals surface area contributed by atoms with Gasteiger partial charge in [-0.05, 0) is 48.4 Å². The van der Waals surface area contributed by atoms with Gasteiger partial charge in [0.1, 0.15) is 6.07 Å². The molecule has 1 heterocycles. The number of hydrogen-bond donors (Lipinski definition) is 2. The molecule has 0 aromatic heterocycles. The van der Waals surface area contributed by atoms with Gasteiger partial charge in [-0.1, -0.05) is 58.4 Å². The fourth-order valence-corrected chi connectivity index (χ4v) is 6.13. The van der Waals surface area contributed by atoms with Crippen LogP contribution in [0.15, 0.2) is 88.2 Å². The fourth-order valence-electron chi connectivity index (χ4n) is 4.65. The summed E-state index contributed by atoms with van der Waals surface area (Å²) in [6.45, 7) is 3.75. The Morgan fingerprint density at radius 2 is 1.62 bits per heavy atom. The maximum Gasteiger partial charge on any atom is 0.240 e. The molecule has 0 aliphatic carbocycles. The molecule has 2 N–H and O–H groups in total. The Hall–Kier alpha value is -2.78. The van der Waals surface area contributed by atoms with Crippen LogP contribution in [0.1, 0.15) is 11.1 Å². The Labute approximate surface area is 239 Å². The van der Waals surface area contributed by atoms with E-state index in [0.29, 0.717) is 18.5 Å². The summed E-state index contributed by atoms with van der Waals surface area (Å²) in [6, 6.07) is 25.5. The number of nitrogens with one attached hydrogen (secondary N) is 1. The van der Waals surface area contributed by atoms with Gasteiger partial charge in [0.15, 0.2) is 0 Å². The molecule has 4 rings (SSSR count). The third kappa shape index (κ3) is 8.60. The van der Waals surface area contributed by atoms with Crippen molar-refractivity contribution in [2.24, 2.45) is 0 Å². The number of sulfonamides is 1. The third-order valence-electron chi connectivity index (χ3n) is 6.61. The molecule has 1 saturated heterocycles. The number of ether oxygens (including phenoxy) is 1. The van der Waals surface area contributed by atoms with Gasteiger partial charge in [0.25, 0.3) is 0 Å². The third-order valence-corrected chi connectivity index (χ3v) is 8.67. The van der Waals surface area contributed by atoms with Crippen LogP contribution in [0.25, 0.3) is 0 Å². The number of anilines is 1. The number of rotatable bonds is 12. The zero-order valence-corrected chi connectivity index (χ0v) is 24.0. The average Bonchev–Trinajstić information content (AvgIpc) is 2.94. The van der Waals surface area contributed by atoms with Crippen LogP contribution >= 0.6 is 15.9 Å². The molecule has 0 amide bonds. The minimum Gasteiger partial charge on any atom is -0.389 e. The molecule has 206 valence electrons. The summed E-state index contributed by atoms with van der Waals surface area (Å²) in [5.74, 6) is 0. The minimum atomic E-state index is -3.75. The molecule has 1 fully saturated rings. The van der Waals surface area contributed by atoms with E-state index in [0.717, 1.165) is 41.9 Å². The number of aliphatic hydroxyl groups is 1. The van der Waals surface area contributed by atoms with Crippen LogP contribution in [0.3, 0.4) is 0 Å². The monoisotopic (exact) mass is 612 g/mol. The molecule has 3 aromatic carbocycles. The van der Waals surface area contributed by atoms with Gasteiger partial charge in [-0.25, -0.2) is 13.1 Å². The first kappa shape index (κ1) is 29.2. The molecule has 0 saturated carbocycles. The minimum absolute atomic E-state index is 0.1000. The fraction of sp³-hybridized carbons (Fsp3) is 0.345. The van der Waals surface area contributed by atoms with Crippen LogP contribution in [0.4, 0.5) is 5.69 Å². The second kappa shape index (κ2) is 14.0. The Morgan fingerprint density at radius 1 is 0.949 bits per heavy atom. The summed E-state index contributed by atoms with van der Waals surface area (Å²) < 4.78 is 35.4. The molecule has 10 heteroatoms. The Morgan fingerprint density at radius 3 is 2.31 bits per heavy atom. The number of hydrogen-bond acceptors (Lipinski definition) is 7. The van der Waals surface area contributed by atoms with Gasteiger partial charge < -0.3 is 14.7 Å². The predicted octanol–water partition coefficient (Wildman–Crippen LogP) is 3.41. The lowest BCUT2D eigenvalue weighted by Crippen LogP contribution is -2.49. The Bertz CT molecular complexity index is 1340. The molecule has 39 heavy (non-hydrogen) atoms. The van der Waals surface area contributed by atoms with Gasteiger partial charge in [0.05, 0.1) is 35.5 Å². The predicted molar refractivity (Wildman–Crippen MR) is 155 cm³/mol. The topological polar surface area (TPSA) is 106 Å². The van der Waals surface area contributed by atoms with Gasteiger partial charge in [-0.15, -0.1) is 0 Å². The highest BCUT2D eigenvalue weighted by molar-refractivity contribution is 9.10. The average molecular weight is 614 g/mol. The summed E-state index contributed by atoms with van der Waals surface area (Å²) in [4.78, 5) is 4.56. The van der Waals surface area contributed by atoms with Crippen LogP contribution in [0.2, 0.25) is 0 Å². The van der Waals surface area contributed by atoms with Crippen molar-refractivity contribution in [3.05, 3.63) is 94.5 Å². The summed E-state index contributed by atoms with van der Waals surface area (Å²) in [6.07, 6.45) is -0.248. The van der Waals surface area contributed by atoms with E-state index < -0.39 is 22.2 Å². The lowest BCUT2D eigenvalue weighted by atomic mass is 10.1. The molecule has 1 aliphatic rings. The Kier molecular flexibility index (Phi) is 10.5. The summed E-state index contributed by atoms with van der Waals surface area (Å²) in [5, 5.41) is 20.0. The Balaban J connectivity index is 1.28. The normalized spacial score (nSPS) is 16.0. The van der Waals surface area contributed by atoms with Crippen molar-refractivity contribution in [3.8, 4) is 6.07 Å². The van der Waals surface area contributed by atoms with E-state index in [1.165, 1.54) is 0 Å². The molecule has 0 unspecified atom stereocenters. The zero-order valence-electron chi connectivity index (χ0n) is 21.6. The highest BCUT2D eigenvalue weighted by Gasteiger charge is 2.23. The quantitative estimate of drug-likeness (QED) is 0.323. The van der Waals surface area contributed by atoms with Crippen LogP contribution in [-0.4, -0.2) is 76.5 Å². The lowest BCUT2D eigenvalue weighted by Gasteiger charge is -2.37. The van der Waals surface area contributed by atoms with Crippen molar-refractivity contribution in [1.29, 1.82) is 5.26 Å². The molecular formula is C29H33BrN4O4S. The van der Waals surface area contributed by atoms with Crippen molar-refractivity contribution < 1.29 is 18.3 Å². The molecular weight excluding hydrogens is 580 g/mol. The largest absolute Gasteiger partial charge is 0.389 e. The summed E-state index contributed by atoms with van der Waals surface area (Å²) in [7, 11) is -3.75. The number of piperazine rings is 1. The lowest BCUT2D eigenvalue weighted by molar-refractivity contribution is 0.0105. The van der Waals surface area contributed by atoms with E-state index in [4.69, 9.17) is 4.74 Å². The number of benzene rings is 3. The number of para-hydroxylation sites is 1. The molecule has 3 aromatic rings. The standard InChI is InChI=1S/C29H33BrN4O4S/c30-25-10-12-28(13-11-25)39(36,37)32-26(18-23-6-2-1-3-7-23)21-38-22-27(35)20-33-14-16-34(17-15-33)29-9-5-4-8-24(29)19-31/h1-13,26-27,32,35H,14-18,20-22H2/t26-,27+/m1/s1. The maximum absolute atomic E-state index is 13.0. The molecule has 0 bridgehead atoms. The van der Waals surface area contributed by atoms with E-state index in [1.807, 2.05) is 54.6 Å². The van der Waals surface area contributed by atoms with Crippen LogP contribution in [-0.2, 0) is 21.2 Å². The van der Waals surface area contributed by atoms with E-state index in [9.17, 15) is 18.8 Å². The van der Waals surface area contributed by atoms with Crippen molar-refractivity contribution >= 4 is 31.6 Å². The van der Waals surface area contributed by atoms with Gasteiger partial charge in [0, 0.05) is 43.2 Å². The van der Waals surface area contributed by atoms with Gasteiger partial charge in [0.2, 0.25) is 10.0 Å². The molecule has 8 nitrogen and oxygen atoms in total. The van der Waals surface area contributed by atoms with Crippen molar-refractivity contribution in [1.82, 2.24) is 9.62 Å². The first-order valence-corrected chi connectivity index (χ1v) is 15.2. The maximum atomic E-state index is 13.0. The zero-order chi connectivity index (χ0) is 27.7. The van der Waals surface area contributed by atoms with E-state index in [-0.39, 0.29) is 18.1 Å². The van der Waals surface area contributed by atoms with E-state index >= 15 is 0 Å². The van der Waals surface area contributed by atoms with Crippen LogP contribution in [0.5, 0.6) is 0 Å². The smallest absolute Gasteiger partial charge is 0.240 e. The number of β-amino-alcohol motifs (C(OH)–C–C–N with tert-alkyl or cyclic N) is 1. The SMILES string of the molecule is N#Cc1ccccc1N1CCN(C[C@H](O)COC[C@@H](Cc2ccccc2)NS(=O)(=O)c2ccc(Br)cc2)CC1. The highest BCUT2D eigenvalue weighted by Crippen LogP contribution is 2.21. The van der Waals surface area contributed by atoms with Crippen molar-refractivity contribution in [3.63, 3.8) is 0 Å². The number of aliphatic hydroxyl groups excluding tert-OH is 1. The van der Waals surface area contributed by atoms with Crippen molar-refractivity contribution in [2.75, 3.05) is 50.8 Å². The first-order valence-electron chi connectivity index (χ1n) is 12.9. The summed E-state index contributed by atoms with van der Waals surface area (Å²) in [5.41, 5.74) is 2.60.